The highest BCUT2D eigenvalue weighted by Gasteiger charge is 2.37. The van der Waals surface area contributed by atoms with Gasteiger partial charge in [0.25, 0.3) is 0 Å². The van der Waals surface area contributed by atoms with Crippen molar-refractivity contribution in [1.29, 1.82) is 0 Å². The first kappa shape index (κ1) is 27.9. The first-order chi connectivity index (χ1) is 20.0. The first-order valence-electron chi connectivity index (χ1n) is 14.5. The van der Waals surface area contributed by atoms with E-state index in [4.69, 9.17) is 23.9 Å². The van der Waals surface area contributed by atoms with Gasteiger partial charge in [-0.15, -0.1) is 0 Å². The van der Waals surface area contributed by atoms with Crippen molar-refractivity contribution in [2.24, 2.45) is 0 Å². The van der Waals surface area contributed by atoms with Crippen molar-refractivity contribution >= 4 is 17.3 Å². The zero-order chi connectivity index (χ0) is 28.4. The summed E-state index contributed by atoms with van der Waals surface area (Å²) in [4.78, 5) is 23.9. The Morgan fingerprint density at radius 2 is 1.88 bits per heavy atom. The van der Waals surface area contributed by atoms with Gasteiger partial charge in [0.1, 0.15) is 0 Å². The topological polar surface area (TPSA) is 93.9 Å². The van der Waals surface area contributed by atoms with Gasteiger partial charge in [-0.1, -0.05) is 6.07 Å². The fraction of sp³-hybridized carbons (Fsp3) is 0.567. The van der Waals surface area contributed by atoms with Gasteiger partial charge in [0.05, 0.1) is 42.3 Å². The van der Waals surface area contributed by atoms with Crippen molar-refractivity contribution in [3.63, 3.8) is 0 Å². The van der Waals surface area contributed by atoms with E-state index < -0.39 is 0 Å². The molecule has 0 aliphatic carbocycles. The second-order valence-corrected chi connectivity index (χ2v) is 11.3. The molecule has 3 aliphatic rings. The van der Waals surface area contributed by atoms with Crippen molar-refractivity contribution in [3.05, 3.63) is 48.4 Å². The van der Waals surface area contributed by atoms with Crippen LogP contribution in [0.1, 0.15) is 25.3 Å². The normalized spacial score (nSPS) is 20.7. The zero-order valence-corrected chi connectivity index (χ0v) is 24.2. The summed E-state index contributed by atoms with van der Waals surface area (Å²) < 4.78 is 24.0. The van der Waals surface area contributed by atoms with E-state index in [1.807, 2.05) is 36.3 Å². The Morgan fingerprint density at radius 3 is 2.51 bits per heavy atom. The lowest BCUT2D eigenvalue weighted by molar-refractivity contribution is -0.104. The molecule has 11 heteroatoms. The Labute approximate surface area is 240 Å². The third kappa shape index (κ3) is 5.63. The Hall–Kier alpha value is -3.25. The fourth-order valence-corrected chi connectivity index (χ4v) is 6.15. The lowest BCUT2D eigenvalue weighted by atomic mass is 9.84. The van der Waals surface area contributed by atoms with E-state index in [1.54, 1.807) is 12.0 Å². The molecular formula is C30H40N6O5. The number of carbonyl (C=O) groups excluding carboxylic acids is 1. The number of ether oxygens (including phenoxy) is 4. The fourth-order valence-electron chi connectivity index (χ4n) is 6.15. The molecule has 0 spiro atoms. The molecule has 3 aromatic heterocycles. The number of rotatable bonds is 8. The molecule has 41 heavy (non-hydrogen) atoms. The molecule has 3 aromatic rings. The second-order valence-electron chi connectivity index (χ2n) is 11.3. The van der Waals surface area contributed by atoms with Crippen LogP contribution >= 0.6 is 0 Å². The molecule has 3 aliphatic heterocycles. The zero-order valence-electron chi connectivity index (χ0n) is 24.2. The first-order valence-corrected chi connectivity index (χ1v) is 14.5. The number of piperazine rings is 1. The van der Waals surface area contributed by atoms with Crippen molar-refractivity contribution in [3.8, 4) is 11.3 Å². The van der Waals surface area contributed by atoms with Gasteiger partial charge in [-0.3, -0.25) is 9.88 Å². The van der Waals surface area contributed by atoms with Crippen LogP contribution in [0, 0.1) is 0 Å². The molecule has 0 N–H and O–H groups in total. The number of aromatic nitrogens is 3. The lowest BCUT2D eigenvalue weighted by Gasteiger charge is -2.43. The number of carbonyl (C=O) groups is 1. The molecule has 6 heterocycles. The van der Waals surface area contributed by atoms with Crippen molar-refractivity contribution in [2.45, 2.75) is 37.5 Å². The molecule has 3 saturated heterocycles. The van der Waals surface area contributed by atoms with Crippen molar-refractivity contribution in [2.75, 3.05) is 78.2 Å². The summed E-state index contributed by atoms with van der Waals surface area (Å²) >= 11 is 0. The number of hydrogen-bond acceptors (Lipinski definition) is 9. The summed E-state index contributed by atoms with van der Waals surface area (Å²) in [5.74, 6) is 0. The summed E-state index contributed by atoms with van der Waals surface area (Å²) in [6.07, 6.45) is 7.30. The van der Waals surface area contributed by atoms with Gasteiger partial charge in [-0.2, -0.15) is 5.10 Å². The monoisotopic (exact) mass is 564 g/mol. The van der Waals surface area contributed by atoms with Crippen molar-refractivity contribution in [1.82, 2.24) is 24.4 Å². The van der Waals surface area contributed by atoms with E-state index >= 15 is 0 Å². The minimum atomic E-state index is -0.324. The van der Waals surface area contributed by atoms with Gasteiger partial charge < -0.3 is 28.7 Å². The number of likely N-dealkylation sites (tertiary alicyclic amines) is 1. The van der Waals surface area contributed by atoms with Crippen LogP contribution in [0.5, 0.6) is 0 Å². The predicted octanol–water partition coefficient (Wildman–Crippen LogP) is 3.03. The Morgan fingerprint density at radius 1 is 1.10 bits per heavy atom. The highest BCUT2D eigenvalue weighted by atomic mass is 16.6. The molecule has 3 fully saturated rings. The molecule has 6 rings (SSSR count). The summed E-state index contributed by atoms with van der Waals surface area (Å²) in [5.41, 5.74) is 4.81. The maximum Gasteiger partial charge on any atom is 0.410 e. The van der Waals surface area contributed by atoms with Crippen LogP contribution < -0.4 is 4.90 Å². The molecule has 0 aromatic carbocycles. The van der Waals surface area contributed by atoms with Gasteiger partial charge in [-0.05, 0) is 38.0 Å². The quantitative estimate of drug-likeness (QED) is 0.409. The lowest BCUT2D eigenvalue weighted by Crippen LogP contribution is -2.51. The second kappa shape index (κ2) is 11.9. The number of methoxy groups -OCH3 is 2. The molecule has 220 valence electrons. The number of amides is 1. The summed E-state index contributed by atoms with van der Waals surface area (Å²) in [6.45, 7) is 8.54. The average molecular weight is 565 g/mol. The van der Waals surface area contributed by atoms with Crippen LogP contribution in [0.4, 0.5) is 10.5 Å². The number of nitrogens with zero attached hydrogens (tertiary/aromatic N) is 6. The molecule has 0 saturated carbocycles. The number of piperidine rings is 1. The molecule has 0 unspecified atom stereocenters. The SMILES string of the molecule is COC[C@H](C)N1CCC(OC)(c2ccc(-c3cc4c(N5CCN(C(=O)OC6COC6)CC5)ccnn4c3)nc2)CC1. The summed E-state index contributed by atoms with van der Waals surface area (Å²) in [7, 11) is 3.56. The van der Waals surface area contributed by atoms with Crippen LogP contribution in [0.3, 0.4) is 0 Å². The number of anilines is 1. The van der Waals surface area contributed by atoms with Crippen molar-refractivity contribution < 1.29 is 23.7 Å². The third-order valence-corrected chi connectivity index (χ3v) is 8.85. The molecular weight excluding hydrogens is 524 g/mol. The van der Waals surface area contributed by atoms with E-state index in [0.717, 1.165) is 73.7 Å². The summed E-state index contributed by atoms with van der Waals surface area (Å²) in [6, 6.07) is 8.82. The largest absolute Gasteiger partial charge is 0.441 e. The minimum Gasteiger partial charge on any atom is -0.441 e. The molecule has 0 radical (unpaired) electrons. The smallest absolute Gasteiger partial charge is 0.410 e. The molecule has 1 atom stereocenters. The summed E-state index contributed by atoms with van der Waals surface area (Å²) in [5, 5.41) is 4.56. The van der Waals surface area contributed by atoms with Crippen LogP contribution in [-0.4, -0.2) is 116 Å². The maximum absolute atomic E-state index is 12.4. The van der Waals surface area contributed by atoms with Crippen LogP contribution in [0.15, 0.2) is 42.9 Å². The van der Waals surface area contributed by atoms with E-state index in [-0.39, 0.29) is 17.8 Å². The van der Waals surface area contributed by atoms with E-state index in [1.165, 1.54) is 0 Å². The van der Waals surface area contributed by atoms with Crippen LogP contribution in [0.2, 0.25) is 0 Å². The molecule has 0 bridgehead atoms. The number of fused-ring (bicyclic) bond motifs is 1. The third-order valence-electron chi connectivity index (χ3n) is 8.85. The predicted molar refractivity (Wildman–Crippen MR) is 154 cm³/mol. The van der Waals surface area contributed by atoms with Gasteiger partial charge in [-0.25, -0.2) is 9.31 Å². The Balaban J connectivity index is 1.14. The van der Waals surface area contributed by atoms with Gasteiger partial charge >= 0.3 is 6.09 Å². The van der Waals surface area contributed by atoms with E-state index in [2.05, 4.69) is 40.0 Å². The van der Waals surface area contributed by atoms with E-state index in [9.17, 15) is 4.79 Å². The number of hydrogen-bond donors (Lipinski definition) is 0. The molecule has 11 nitrogen and oxygen atoms in total. The van der Waals surface area contributed by atoms with Gasteiger partial charge in [0.2, 0.25) is 0 Å². The number of pyridine rings is 1. The Bertz CT molecular complexity index is 1330. The highest BCUT2D eigenvalue weighted by molar-refractivity contribution is 5.79. The average Bonchev–Trinajstić information content (AvgIpc) is 3.44. The van der Waals surface area contributed by atoms with E-state index in [0.29, 0.717) is 32.3 Å². The van der Waals surface area contributed by atoms with Crippen LogP contribution in [-0.2, 0) is 24.5 Å². The standard InChI is InChI=1S/C30H40N6O5/c1-22(19-38-2)33-10-7-30(39-3,8-11-33)24-4-5-26(31-17-24)23-16-28-27(6-9-32-36(28)18-23)34-12-14-35(15-13-34)29(37)41-25-20-40-21-25/h4-6,9,16-18,22,25H,7-8,10-15,19-21H2,1-3H3/t22-/m0/s1. The highest BCUT2D eigenvalue weighted by Crippen LogP contribution is 2.37. The maximum atomic E-state index is 12.4. The molecule has 1 amide bonds. The Kier molecular flexibility index (Phi) is 8.12. The minimum absolute atomic E-state index is 0.106. The van der Waals surface area contributed by atoms with Crippen LogP contribution in [0.25, 0.3) is 16.8 Å². The van der Waals surface area contributed by atoms with Gasteiger partial charge in [0.15, 0.2) is 6.10 Å². The van der Waals surface area contributed by atoms with Gasteiger partial charge in [0, 0.05) is 89.2 Å².